The summed E-state index contributed by atoms with van der Waals surface area (Å²) in [5, 5.41) is 2.69. The van der Waals surface area contributed by atoms with Crippen molar-refractivity contribution in [1.29, 1.82) is 0 Å². The normalized spacial score (nSPS) is 13.9. The van der Waals surface area contributed by atoms with E-state index in [0.29, 0.717) is 16.8 Å². The first kappa shape index (κ1) is 18.1. The molecule has 3 rings (SSSR count). The lowest BCUT2D eigenvalue weighted by Gasteiger charge is -2.08. The highest BCUT2D eigenvalue weighted by Gasteiger charge is 2.27. The molecular weight excluding hydrogens is 356 g/mol. The largest absolute Gasteiger partial charge is 0.465 e. The molecule has 0 bridgehead atoms. The van der Waals surface area contributed by atoms with E-state index in [4.69, 9.17) is 0 Å². The Bertz CT molecular complexity index is 917. The van der Waals surface area contributed by atoms with Crippen LogP contribution in [0.1, 0.15) is 33.6 Å². The zero-order valence-corrected chi connectivity index (χ0v) is 14.9. The molecule has 0 radical (unpaired) electrons. The molecule has 0 atom stereocenters. The molecule has 2 aromatic carbocycles. The summed E-state index contributed by atoms with van der Waals surface area (Å²) in [5.74, 6) is -0.839. The van der Waals surface area contributed by atoms with Crippen molar-refractivity contribution in [3.05, 3.63) is 59.7 Å². The topological polar surface area (TPSA) is 102 Å². The Morgan fingerprint density at radius 2 is 1.54 bits per heavy atom. The number of amides is 1. The number of benzene rings is 2. The van der Waals surface area contributed by atoms with Crippen LogP contribution in [0.25, 0.3) is 0 Å². The van der Waals surface area contributed by atoms with Crippen LogP contribution in [0, 0.1) is 0 Å². The first-order valence-corrected chi connectivity index (χ1v) is 9.49. The Labute approximate surface area is 151 Å². The summed E-state index contributed by atoms with van der Waals surface area (Å²) < 4.78 is 31.4. The summed E-state index contributed by atoms with van der Waals surface area (Å²) in [6, 6.07) is 12.0. The number of rotatable bonds is 6. The van der Waals surface area contributed by atoms with Crippen LogP contribution in [0.2, 0.25) is 0 Å². The van der Waals surface area contributed by atoms with Crippen LogP contribution in [0.3, 0.4) is 0 Å². The Hall–Kier alpha value is -2.71. The zero-order chi connectivity index (χ0) is 18.7. The lowest BCUT2D eigenvalue weighted by molar-refractivity contribution is 0.0600. The molecule has 2 N–H and O–H groups in total. The van der Waals surface area contributed by atoms with Crippen LogP contribution in [0.5, 0.6) is 0 Å². The number of hydrogen-bond acceptors (Lipinski definition) is 5. The predicted octanol–water partition coefficient (Wildman–Crippen LogP) is 2.17. The van der Waals surface area contributed by atoms with Gasteiger partial charge in [0.2, 0.25) is 10.0 Å². The van der Waals surface area contributed by atoms with E-state index >= 15 is 0 Å². The van der Waals surface area contributed by atoms with E-state index in [9.17, 15) is 18.0 Å². The Morgan fingerprint density at radius 3 is 2.08 bits per heavy atom. The van der Waals surface area contributed by atoms with Crippen LogP contribution in [-0.4, -0.2) is 33.4 Å². The summed E-state index contributed by atoms with van der Waals surface area (Å²) in [7, 11) is -2.25. The standard InChI is InChI=1S/C18H18N2O5S/c1-25-18(22)13-2-6-14(7-3-13)19-17(21)12-4-10-16(11-5-12)26(23,24)20-15-8-9-15/h2-7,10-11,15,20H,8-9H2,1H3,(H,19,21). The van der Waals surface area contributed by atoms with E-state index in [-0.39, 0.29) is 16.8 Å². The van der Waals surface area contributed by atoms with E-state index in [2.05, 4.69) is 14.8 Å². The molecule has 0 unspecified atom stereocenters. The second kappa shape index (κ2) is 7.27. The average molecular weight is 374 g/mol. The number of esters is 1. The summed E-state index contributed by atoms with van der Waals surface area (Å²) in [6.45, 7) is 0. The van der Waals surface area contributed by atoms with Gasteiger partial charge in [-0.2, -0.15) is 0 Å². The van der Waals surface area contributed by atoms with Crippen molar-refractivity contribution >= 4 is 27.6 Å². The predicted molar refractivity (Wildman–Crippen MR) is 95.5 cm³/mol. The van der Waals surface area contributed by atoms with Crippen LogP contribution in [0.15, 0.2) is 53.4 Å². The van der Waals surface area contributed by atoms with Gasteiger partial charge in [0, 0.05) is 17.3 Å². The van der Waals surface area contributed by atoms with E-state index < -0.39 is 16.0 Å². The number of ether oxygens (including phenoxy) is 1. The number of anilines is 1. The first-order chi connectivity index (χ1) is 12.4. The molecular formula is C18H18N2O5S. The van der Waals surface area contributed by atoms with Crippen molar-refractivity contribution in [2.75, 3.05) is 12.4 Å². The molecule has 0 spiro atoms. The van der Waals surface area contributed by atoms with Crippen molar-refractivity contribution in [3.8, 4) is 0 Å². The fourth-order valence-corrected chi connectivity index (χ4v) is 3.59. The molecule has 2 aromatic rings. The number of nitrogens with one attached hydrogen (secondary N) is 2. The van der Waals surface area contributed by atoms with Gasteiger partial charge in [-0.3, -0.25) is 4.79 Å². The molecule has 1 amide bonds. The van der Waals surface area contributed by atoms with E-state index in [1.54, 1.807) is 24.3 Å². The minimum atomic E-state index is -3.54. The van der Waals surface area contributed by atoms with Crippen LogP contribution >= 0.6 is 0 Å². The Kier molecular flexibility index (Phi) is 5.06. The summed E-state index contributed by atoms with van der Waals surface area (Å²) >= 11 is 0. The summed E-state index contributed by atoms with van der Waals surface area (Å²) in [6.07, 6.45) is 1.71. The maximum Gasteiger partial charge on any atom is 0.337 e. The lowest BCUT2D eigenvalue weighted by Crippen LogP contribution is -2.25. The molecule has 0 aromatic heterocycles. The third-order valence-corrected chi connectivity index (χ3v) is 5.43. The highest BCUT2D eigenvalue weighted by Crippen LogP contribution is 2.22. The second-order valence-corrected chi connectivity index (χ2v) is 7.66. The van der Waals surface area contributed by atoms with Gasteiger partial charge in [0.15, 0.2) is 0 Å². The number of hydrogen-bond donors (Lipinski definition) is 2. The molecule has 1 saturated carbocycles. The zero-order valence-electron chi connectivity index (χ0n) is 14.1. The first-order valence-electron chi connectivity index (χ1n) is 8.01. The Morgan fingerprint density at radius 1 is 0.962 bits per heavy atom. The molecule has 26 heavy (non-hydrogen) atoms. The van der Waals surface area contributed by atoms with Crippen molar-refractivity contribution in [3.63, 3.8) is 0 Å². The van der Waals surface area contributed by atoms with Crippen molar-refractivity contribution in [2.24, 2.45) is 0 Å². The molecule has 0 saturated heterocycles. The monoisotopic (exact) mass is 374 g/mol. The maximum absolute atomic E-state index is 12.3. The minimum Gasteiger partial charge on any atom is -0.465 e. The number of carbonyl (C=O) groups excluding carboxylic acids is 2. The molecule has 1 aliphatic carbocycles. The molecule has 136 valence electrons. The highest BCUT2D eigenvalue weighted by atomic mass is 32.2. The molecule has 8 heteroatoms. The number of sulfonamides is 1. The van der Waals surface area contributed by atoms with Crippen molar-refractivity contribution in [1.82, 2.24) is 4.72 Å². The van der Waals surface area contributed by atoms with E-state index in [1.165, 1.54) is 31.4 Å². The second-order valence-electron chi connectivity index (χ2n) is 5.94. The minimum absolute atomic E-state index is 0.0240. The third kappa shape index (κ3) is 4.27. The van der Waals surface area contributed by atoms with Crippen LogP contribution < -0.4 is 10.0 Å². The highest BCUT2D eigenvalue weighted by molar-refractivity contribution is 7.89. The van der Waals surface area contributed by atoms with Gasteiger partial charge in [-0.1, -0.05) is 0 Å². The van der Waals surface area contributed by atoms with Gasteiger partial charge < -0.3 is 10.1 Å². The van der Waals surface area contributed by atoms with E-state index in [0.717, 1.165) is 12.8 Å². The maximum atomic E-state index is 12.3. The molecule has 1 fully saturated rings. The van der Waals surface area contributed by atoms with Gasteiger partial charge in [0.25, 0.3) is 5.91 Å². The van der Waals surface area contributed by atoms with E-state index in [1.807, 2.05) is 0 Å². The SMILES string of the molecule is COC(=O)c1ccc(NC(=O)c2ccc(S(=O)(=O)NC3CC3)cc2)cc1. The van der Waals surface area contributed by atoms with Gasteiger partial charge in [0.05, 0.1) is 17.6 Å². The summed E-state index contributed by atoms with van der Waals surface area (Å²) in [5.41, 5.74) is 1.21. The quantitative estimate of drug-likeness (QED) is 0.755. The Balaban J connectivity index is 1.67. The van der Waals surface area contributed by atoms with Gasteiger partial charge >= 0.3 is 5.97 Å². The molecule has 0 heterocycles. The smallest absolute Gasteiger partial charge is 0.337 e. The van der Waals surface area contributed by atoms with Gasteiger partial charge in [-0.05, 0) is 61.4 Å². The van der Waals surface area contributed by atoms with Gasteiger partial charge in [-0.25, -0.2) is 17.9 Å². The lowest BCUT2D eigenvalue weighted by atomic mass is 10.2. The van der Waals surface area contributed by atoms with Gasteiger partial charge in [0.1, 0.15) is 0 Å². The molecule has 1 aliphatic rings. The number of methoxy groups -OCH3 is 1. The van der Waals surface area contributed by atoms with Gasteiger partial charge in [-0.15, -0.1) is 0 Å². The molecule has 0 aliphatic heterocycles. The summed E-state index contributed by atoms with van der Waals surface area (Å²) in [4.78, 5) is 23.8. The van der Waals surface area contributed by atoms with Crippen LogP contribution in [-0.2, 0) is 14.8 Å². The molecule has 7 nitrogen and oxygen atoms in total. The fraction of sp³-hybridized carbons (Fsp3) is 0.222. The van der Waals surface area contributed by atoms with Crippen molar-refractivity contribution < 1.29 is 22.7 Å². The number of carbonyl (C=O) groups is 2. The fourth-order valence-electron chi connectivity index (χ4n) is 2.28. The van der Waals surface area contributed by atoms with Crippen LogP contribution in [0.4, 0.5) is 5.69 Å². The average Bonchev–Trinajstić information content (AvgIpc) is 3.45. The third-order valence-electron chi connectivity index (χ3n) is 3.89. The van der Waals surface area contributed by atoms with Crippen molar-refractivity contribution in [2.45, 2.75) is 23.8 Å².